The maximum atomic E-state index is 12.0. The van der Waals surface area contributed by atoms with E-state index in [1.807, 2.05) is 0 Å². The van der Waals surface area contributed by atoms with E-state index in [2.05, 4.69) is 0 Å². The molecule has 0 aliphatic rings. The van der Waals surface area contributed by atoms with E-state index in [0.29, 0.717) is 6.29 Å². The van der Waals surface area contributed by atoms with Gasteiger partial charge in [-0.25, -0.2) is 4.79 Å². The normalized spacial score (nSPS) is 10.2. The molecule has 1 aromatic heterocycles. The summed E-state index contributed by atoms with van der Waals surface area (Å²) in [5, 5.41) is 9.27. The van der Waals surface area contributed by atoms with Crippen molar-refractivity contribution in [2.24, 2.45) is 14.1 Å². The molecule has 0 aliphatic carbocycles. The Bertz CT molecular complexity index is 970. The van der Waals surface area contributed by atoms with Crippen molar-refractivity contribution in [2.75, 3.05) is 0 Å². The van der Waals surface area contributed by atoms with Crippen LogP contribution >= 0.6 is 23.2 Å². The molecule has 23 heavy (non-hydrogen) atoms. The van der Waals surface area contributed by atoms with Crippen LogP contribution in [0.5, 0.6) is 11.6 Å². The number of hydrogen-bond acceptors (Lipinski definition) is 5. The lowest BCUT2D eigenvalue weighted by Gasteiger charge is -2.14. The van der Waals surface area contributed by atoms with Gasteiger partial charge in [0.05, 0.1) is 10.0 Å². The van der Waals surface area contributed by atoms with Crippen molar-refractivity contribution in [3.05, 3.63) is 54.1 Å². The molecule has 0 spiro atoms. The summed E-state index contributed by atoms with van der Waals surface area (Å²) in [5.74, 6) is -0.264. The van der Waals surface area contributed by atoms with Crippen LogP contribution in [0, 0.1) is 11.3 Å². The lowest BCUT2D eigenvalue weighted by atomic mass is 10.2. The lowest BCUT2D eigenvalue weighted by molar-refractivity contribution is 0.112. The van der Waals surface area contributed by atoms with Gasteiger partial charge >= 0.3 is 5.69 Å². The summed E-state index contributed by atoms with van der Waals surface area (Å²) in [6, 6.07) is 4.24. The number of rotatable bonds is 3. The first-order valence-electron chi connectivity index (χ1n) is 6.14. The third-order valence-electron chi connectivity index (χ3n) is 3.11. The number of nitrogens with zero attached hydrogens (tertiary/aromatic N) is 3. The van der Waals surface area contributed by atoms with E-state index < -0.39 is 11.2 Å². The Morgan fingerprint density at radius 1 is 1.17 bits per heavy atom. The van der Waals surface area contributed by atoms with E-state index in [-0.39, 0.29) is 32.8 Å². The molecule has 0 atom stereocenters. The molecule has 0 saturated heterocycles. The smallest absolute Gasteiger partial charge is 0.333 e. The first-order valence-corrected chi connectivity index (χ1v) is 6.89. The number of carbonyl (C=O) groups excluding carboxylic acids is 1. The van der Waals surface area contributed by atoms with Crippen LogP contribution in [0.15, 0.2) is 21.7 Å². The monoisotopic (exact) mass is 353 g/mol. The topological polar surface area (TPSA) is 94.1 Å². The minimum Gasteiger partial charge on any atom is -0.437 e. The van der Waals surface area contributed by atoms with Gasteiger partial charge in [0.15, 0.2) is 11.8 Å². The summed E-state index contributed by atoms with van der Waals surface area (Å²) < 4.78 is 7.24. The van der Waals surface area contributed by atoms with E-state index in [9.17, 15) is 14.4 Å². The van der Waals surface area contributed by atoms with Gasteiger partial charge in [0.2, 0.25) is 5.88 Å². The van der Waals surface area contributed by atoms with Crippen LogP contribution in [-0.4, -0.2) is 15.4 Å². The minimum absolute atomic E-state index is 0.00187. The lowest BCUT2D eigenvalue weighted by Crippen LogP contribution is -2.38. The Morgan fingerprint density at radius 3 is 2.39 bits per heavy atom. The fourth-order valence-electron chi connectivity index (χ4n) is 1.86. The molecule has 2 aromatic rings. The van der Waals surface area contributed by atoms with Crippen LogP contribution < -0.4 is 16.0 Å². The van der Waals surface area contributed by atoms with Crippen LogP contribution in [0.4, 0.5) is 0 Å². The number of ether oxygens (including phenoxy) is 1. The first kappa shape index (κ1) is 16.8. The maximum absolute atomic E-state index is 12.0. The molecule has 0 bridgehead atoms. The number of nitriles is 1. The van der Waals surface area contributed by atoms with E-state index in [1.54, 1.807) is 6.07 Å². The van der Waals surface area contributed by atoms with Crippen LogP contribution in [0.2, 0.25) is 10.0 Å². The number of hydrogen-bond donors (Lipinski definition) is 0. The quantitative estimate of drug-likeness (QED) is 0.785. The molecule has 7 nitrogen and oxygen atoms in total. The summed E-state index contributed by atoms with van der Waals surface area (Å²) in [6.07, 6.45) is 0.521. The zero-order chi connectivity index (χ0) is 17.3. The molecule has 2 rings (SSSR count). The average Bonchev–Trinajstić information content (AvgIpc) is 2.53. The molecule has 0 aliphatic heterocycles. The van der Waals surface area contributed by atoms with Crippen molar-refractivity contribution in [2.45, 2.75) is 0 Å². The highest BCUT2D eigenvalue weighted by atomic mass is 35.5. The van der Waals surface area contributed by atoms with Gasteiger partial charge in [-0.2, -0.15) is 5.26 Å². The Labute approximate surface area is 139 Å². The van der Waals surface area contributed by atoms with Gasteiger partial charge in [-0.15, -0.1) is 0 Å². The van der Waals surface area contributed by atoms with Gasteiger partial charge in [-0.05, 0) is 6.07 Å². The molecular formula is C14H9Cl2N3O4. The van der Waals surface area contributed by atoms with Gasteiger partial charge in [0, 0.05) is 25.7 Å². The van der Waals surface area contributed by atoms with Crippen LogP contribution in [0.25, 0.3) is 0 Å². The molecule has 0 unspecified atom stereocenters. The molecule has 0 radical (unpaired) electrons. The Kier molecular flexibility index (Phi) is 4.59. The molecule has 0 N–H and O–H groups in total. The molecule has 1 aromatic carbocycles. The highest BCUT2D eigenvalue weighted by Crippen LogP contribution is 2.33. The Balaban J connectivity index is 2.69. The van der Waals surface area contributed by atoms with E-state index in [1.165, 1.54) is 26.2 Å². The van der Waals surface area contributed by atoms with Gasteiger partial charge in [0.1, 0.15) is 11.8 Å². The van der Waals surface area contributed by atoms with Gasteiger partial charge in [-0.3, -0.25) is 18.7 Å². The SMILES string of the molecule is Cn1c(Oc2cc(Cl)c(C=O)cc2Cl)c(C#N)c(=O)n(C)c1=O. The highest BCUT2D eigenvalue weighted by Gasteiger charge is 2.19. The molecule has 9 heteroatoms. The predicted octanol–water partition coefficient (Wildman–Crippen LogP) is 1.87. The van der Waals surface area contributed by atoms with E-state index in [0.717, 1.165) is 9.13 Å². The van der Waals surface area contributed by atoms with Crippen molar-refractivity contribution in [1.82, 2.24) is 9.13 Å². The summed E-state index contributed by atoms with van der Waals surface area (Å²) in [4.78, 5) is 34.7. The third kappa shape index (κ3) is 2.86. The Morgan fingerprint density at radius 2 is 1.83 bits per heavy atom. The molecule has 0 amide bonds. The van der Waals surface area contributed by atoms with Crippen molar-refractivity contribution in [1.29, 1.82) is 5.26 Å². The van der Waals surface area contributed by atoms with Gasteiger partial charge < -0.3 is 4.74 Å². The van der Waals surface area contributed by atoms with Crippen LogP contribution in [0.1, 0.15) is 15.9 Å². The molecular weight excluding hydrogens is 345 g/mol. The summed E-state index contributed by atoms with van der Waals surface area (Å²) in [5.41, 5.74) is -1.67. The summed E-state index contributed by atoms with van der Waals surface area (Å²) >= 11 is 11.9. The average molecular weight is 354 g/mol. The largest absolute Gasteiger partial charge is 0.437 e. The zero-order valence-corrected chi connectivity index (χ0v) is 13.5. The van der Waals surface area contributed by atoms with Gasteiger partial charge in [-0.1, -0.05) is 23.2 Å². The number of aldehydes is 1. The van der Waals surface area contributed by atoms with Crippen LogP contribution in [0.3, 0.4) is 0 Å². The number of aromatic nitrogens is 2. The van der Waals surface area contributed by atoms with E-state index >= 15 is 0 Å². The highest BCUT2D eigenvalue weighted by molar-refractivity contribution is 6.36. The second-order valence-electron chi connectivity index (χ2n) is 4.52. The third-order valence-corrected chi connectivity index (χ3v) is 3.73. The van der Waals surface area contributed by atoms with Gasteiger partial charge in [0.25, 0.3) is 5.56 Å². The number of carbonyl (C=O) groups is 1. The summed E-state index contributed by atoms with van der Waals surface area (Å²) in [6.45, 7) is 0. The fraction of sp³-hybridized carbons (Fsp3) is 0.143. The molecule has 118 valence electrons. The van der Waals surface area contributed by atoms with Crippen molar-refractivity contribution < 1.29 is 9.53 Å². The standard InChI is InChI=1S/C14H9Cl2N3O4/c1-18-12(21)8(5-17)13(19(2)14(18)22)23-11-4-9(15)7(6-20)3-10(11)16/h3-4,6H,1-2H3. The van der Waals surface area contributed by atoms with Crippen molar-refractivity contribution >= 4 is 29.5 Å². The summed E-state index contributed by atoms with van der Waals surface area (Å²) in [7, 11) is 2.59. The van der Waals surface area contributed by atoms with E-state index in [4.69, 9.17) is 33.2 Å². The Hall–Kier alpha value is -2.56. The predicted molar refractivity (Wildman–Crippen MR) is 83.6 cm³/mol. The van der Waals surface area contributed by atoms with Crippen molar-refractivity contribution in [3.8, 4) is 17.7 Å². The second kappa shape index (κ2) is 6.28. The second-order valence-corrected chi connectivity index (χ2v) is 5.34. The fourth-order valence-corrected chi connectivity index (χ4v) is 2.27. The molecule has 1 heterocycles. The maximum Gasteiger partial charge on any atom is 0.333 e. The number of benzene rings is 1. The first-order chi connectivity index (χ1) is 10.8. The van der Waals surface area contributed by atoms with Crippen LogP contribution in [-0.2, 0) is 14.1 Å². The number of halogens is 2. The zero-order valence-electron chi connectivity index (χ0n) is 12.0. The minimum atomic E-state index is -0.794. The van der Waals surface area contributed by atoms with Crippen molar-refractivity contribution in [3.63, 3.8) is 0 Å². The molecule has 0 fully saturated rings. The molecule has 0 saturated carbocycles.